The van der Waals surface area contributed by atoms with E-state index in [9.17, 15) is 9.59 Å². The number of aliphatic carboxylic acids is 1. The van der Waals surface area contributed by atoms with Crippen LogP contribution in [0, 0.1) is 0 Å². The Morgan fingerprint density at radius 3 is 2.85 bits per heavy atom. The quantitative estimate of drug-likeness (QED) is 0.482. The number of amides is 1. The molecule has 2 heterocycles. The van der Waals surface area contributed by atoms with E-state index in [-0.39, 0.29) is 46.5 Å². The number of carbonyl (C=O) groups excluding carboxylic acids is 1. The van der Waals surface area contributed by atoms with Crippen LogP contribution in [0.3, 0.4) is 0 Å². The predicted octanol–water partition coefficient (Wildman–Crippen LogP) is -0.121. The van der Waals surface area contributed by atoms with Crippen LogP contribution in [0.4, 0.5) is 0 Å². The molecule has 13 heavy (non-hydrogen) atoms. The van der Waals surface area contributed by atoms with Crippen LogP contribution in [0.1, 0.15) is 6.42 Å². The van der Waals surface area contributed by atoms with Crippen molar-refractivity contribution in [2.24, 2.45) is 0 Å². The van der Waals surface area contributed by atoms with Crippen LogP contribution >= 0.6 is 11.8 Å². The second-order valence-corrected chi connectivity index (χ2v) is 3.86. The smallest absolute Gasteiger partial charge is 0.352 e. The van der Waals surface area contributed by atoms with Gasteiger partial charge in [0.1, 0.15) is 5.70 Å². The van der Waals surface area contributed by atoms with E-state index in [2.05, 4.69) is 0 Å². The average Bonchev–Trinajstić information content (AvgIpc) is 2.01. The summed E-state index contributed by atoms with van der Waals surface area (Å²) in [6.45, 7) is 0. The first-order valence-corrected chi connectivity index (χ1v) is 4.62. The van der Waals surface area contributed by atoms with Crippen molar-refractivity contribution in [3.8, 4) is 0 Å². The molecule has 0 bridgehead atoms. The summed E-state index contributed by atoms with van der Waals surface area (Å²) in [4.78, 5) is 23.0. The second kappa shape index (κ2) is 4.04. The molecule has 0 aliphatic carbocycles. The molecule has 0 saturated carbocycles. The Labute approximate surface area is 102 Å². The zero-order chi connectivity index (χ0) is 8.72. The molecule has 0 unspecified atom stereocenters. The number of nitrogens with zero attached hydrogens (tertiary/aromatic N) is 1. The summed E-state index contributed by atoms with van der Waals surface area (Å²) in [5.74, 6) is -0.398. The maximum atomic E-state index is 11.0. The number of carboxylic acid groups (broad SMARTS) is 1. The number of hydrogen-bond acceptors (Lipinski definition) is 3. The van der Waals surface area contributed by atoms with E-state index >= 15 is 0 Å². The molecule has 2 aliphatic rings. The van der Waals surface area contributed by atoms with E-state index in [1.54, 1.807) is 17.8 Å². The third-order valence-corrected chi connectivity index (χ3v) is 3.07. The Bertz CT molecular complexity index is 291. The van der Waals surface area contributed by atoms with E-state index in [4.69, 9.17) is 5.11 Å². The van der Waals surface area contributed by atoms with Gasteiger partial charge in [-0.3, -0.25) is 9.69 Å². The molecule has 2 aliphatic heterocycles. The minimum absolute atomic E-state index is 0. The first-order chi connectivity index (χ1) is 5.70. The molecule has 0 aromatic rings. The molecule has 1 saturated heterocycles. The number of fused-ring (bicyclic) bond motifs is 1. The van der Waals surface area contributed by atoms with E-state index < -0.39 is 5.97 Å². The molecular weight excluding hydrogens is 201 g/mol. The van der Waals surface area contributed by atoms with Gasteiger partial charge < -0.3 is 5.11 Å². The third kappa shape index (κ3) is 1.79. The minimum Gasteiger partial charge on any atom is -0.477 e. The fourth-order valence-electron chi connectivity index (χ4n) is 1.34. The topological polar surface area (TPSA) is 57.6 Å². The van der Waals surface area contributed by atoms with Crippen LogP contribution in [-0.2, 0) is 9.59 Å². The van der Waals surface area contributed by atoms with E-state index in [1.165, 1.54) is 4.90 Å². The third-order valence-electron chi connectivity index (χ3n) is 1.95. The summed E-state index contributed by atoms with van der Waals surface area (Å²) in [5, 5.41) is 8.78. The standard InChI is InChI=1S/C7H7NO3S.Na/c9-5-3-6-8(5)4(7(10)11)1-2-12-6;/h1,6H,2-3H2,(H,10,11);/t6-;/m1./s1. The summed E-state index contributed by atoms with van der Waals surface area (Å²) in [6, 6.07) is 0. The van der Waals surface area contributed by atoms with Crippen LogP contribution in [-0.4, -0.2) is 62.6 Å². The van der Waals surface area contributed by atoms with E-state index in [1.807, 2.05) is 0 Å². The minimum atomic E-state index is -1.01. The molecule has 0 spiro atoms. The monoisotopic (exact) mass is 208 g/mol. The van der Waals surface area contributed by atoms with Crippen LogP contribution in [0.15, 0.2) is 11.8 Å². The molecule has 1 radical (unpaired) electrons. The van der Waals surface area contributed by atoms with Gasteiger partial charge in [0, 0.05) is 35.3 Å². The molecule has 0 aromatic heterocycles. The van der Waals surface area contributed by atoms with Gasteiger partial charge in [-0.2, -0.15) is 0 Å². The Morgan fingerprint density at radius 1 is 1.69 bits per heavy atom. The maximum Gasteiger partial charge on any atom is 0.352 e. The van der Waals surface area contributed by atoms with E-state index in [0.717, 1.165) is 0 Å². The fraction of sp³-hybridized carbons (Fsp3) is 0.429. The van der Waals surface area contributed by atoms with Crippen molar-refractivity contribution in [1.29, 1.82) is 0 Å². The van der Waals surface area contributed by atoms with Gasteiger partial charge >= 0.3 is 5.97 Å². The number of carboxylic acids is 1. The molecular formula is C7H7NNaO3S. The molecule has 1 N–H and O–H groups in total. The summed E-state index contributed by atoms with van der Waals surface area (Å²) in [6.07, 6.45) is 2.07. The summed E-state index contributed by atoms with van der Waals surface area (Å²) < 4.78 is 0. The fourth-order valence-corrected chi connectivity index (χ4v) is 2.45. The first kappa shape index (κ1) is 11.1. The van der Waals surface area contributed by atoms with Gasteiger partial charge in [-0.15, -0.1) is 11.8 Å². The number of rotatable bonds is 1. The van der Waals surface area contributed by atoms with Gasteiger partial charge in [0.05, 0.1) is 11.8 Å². The van der Waals surface area contributed by atoms with E-state index in [0.29, 0.717) is 12.2 Å². The van der Waals surface area contributed by atoms with Crippen molar-refractivity contribution in [1.82, 2.24) is 4.90 Å². The van der Waals surface area contributed by atoms with Crippen molar-refractivity contribution >= 4 is 53.2 Å². The van der Waals surface area contributed by atoms with Crippen LogP contribution in [0.2, 0.25) is 0 Å². The average molecular weight is 208 g/mol. The first-order valence-electron chi connectivity index (χ1n) is 3.57. The van der Waals surface area contributed by atoms with Crippen molar-refractivity contribution in [2.75, 3.05) is 5.75 Å². The van der Waals surface area contributed by atoms with Gasteiger partial charge in [0.15, 0.2) is 0 Å². The summed E-state index contributed by atoms with van der Waals surface area (Å²) in [7, 11) is 0. The van der Waals surface area contributed by atoms with Crippen molar-refractivity contribution in [3.63, 3.8) is 0 Å². The number of β-lactam (4-membered cyclic amide) rings is 1. The predicted molar refractivity (Wildman–Crippen MR) is 49.2 cm³/mol. The Kier molecular flexibility index (Phi) is 3.45. The Hall–Kier alpha value is 0.0300. The summed E-state index contributed by atoms with van der Waals surface area (Å²) in [5.41, 5.74) is 0.148. The number of hydrogen-bond donors (Lipinski definition) is 1. The number of thioether (sulfide) groups is 1. The molecule has 65 valence electrons. The van der Waals surface area contributed by atoms with Crippen LogP contribution in [0.5, 0.6) is 0 Å². The van der Waals surface area contributed by atoms with Gasteiger partial charge in [-0.25, -0.2) is 4.79 Å². The Balaban J connectivity index is 0.000000845. The van der Waals surface area contributed by atoms with Crippen molar-refractivity contribution in [3.05, 3.63) is 11.8 Å². The number of carbonyl (C=O) groups is 2. The normalized spacial score (nSPS) is 25.2. The molecule has 0 aromatic carbocycles. The molecule has 6 heteroatoms. The van der Waals surface area contributed by atoms with Gasteiger partial charge in [-0.05, 0) is 6.08 Å². The SMILES string of the molecule is O=C(O)C1=CCS[C@@H]2CC(=O)N12.[Na]. The largest absolute Gasteiger partial charge is 0.477 e. The molecule has 2 rings (SSSR count). The Morgan fingerprint density at radius 2 is 2.38 bits per heavy atom. The molecule has 1 atom stereocenters. The van der Waals surface area contributed by atoms with Gasteiger partial charge in [0.25, 0.3) is 0 Å². The van der Waals surface area contributed by atoms with Crippen LogP contribution < -0.4 is 0 Å². The zero-order valence-electron chi connectivity index (χ0n) is 7.19. The van der Waals surface area contributed by atoms with Crippen molar-refractivity contribution < 1.29 is 14.7 Å². The molecule has 1 fully saturated rings. The van der Waals surface area contributed by atoms with Gasteiger partial charge in [0.2, 0.25) is 5.91 Å². The molecule has 1 amide bonds. The maximum absolute atomic E-state index is 11.0. The molecule has 4 nitrogen and oxygen atoms in total. The summed E-state index contributed by atoms with van der Waals surface area (Å²) >= 11 is 1.60. The van der Waals surface area contributed by atoms with Crippen LogP contribution in [0.25, 0.3) is 0 Å². The second-order valence-electron chi connectivity index (χ2n) is 2.65. The van der Waals surface area contributed by atoms with Gasteiger partial charge in [-0.1, -0.05) is 0 Å². The van der Waals surface area contributed by atoms with Crippen molar-refractivity contribution in [2.45, 2.75) is 11.8 Å². The zero-order valence-corrected chi connectivity index (χ0v) is 10.0.